The quantitative estimate of drug-likeness (QED) is 0.0501. The third kappa shape index (κ3) is 15.6. The number of H-pyrrole nitrogens is 1. The summed E-state index contributed by atoms with van der Waals surface area (Å²) >= 11 is 0. The summed E-state index contributed by atoms with van der Waals surface area (Å²) in [6.07, 6.45) is 4.86. The van der Waals surface area contributed by atoms with E-state index in [-0.39, 0.29) is 66.6 Å². The van der Waals surface area contributed by atoms with Crippen LogP contribution in [0.3, 0.4) is 0 Å². The molecule has 70 heavy (non-hydrogen) atoms. The molecular weight excluding hydrogens is 891 g/mol. The number of benzene rings is 2. The Morgan fingerprint density at radius 2 is 1.53 bits per heavy atom. The number of ether oxygens (including phenoxy) is 2. The van der Waals surface area contributed by atoms with E-state index in [1.165, 1.54) is 0 Å². The SMILES string of the molecule is CC[C@H](C)[C@@H]([C@@H](CC(=O)N1CCC[C@H]1[C@H](OC)[C@@H](C)C(=O)N[C@@H](Cc1c[nH]c2ccccc12)C(=O)NCc1ccccc1)OC)N(C)C(=O)[C@@H](NC(=O)[C@H](C(C)C)N(C)CCCCCC(=O)O)C(C)C. The first-order chi connectivity index (χ1) is 33.3. The van der Waals surface area contributed by atoms with E-state index in [1.54, 1.807) is 38.0 Å². The summed E-state index contributed by atoms with van der Waals surface area (Å²) in [4.78, 5) is 91.0. The van der Waals surface area contributed by atoms with Gasteiger partial charge in [0.25, 0.3) is 0 Å². The Morgan fingerprint density at radius 1 is 0.843 bits per heavy atom. The van der Waals surface area contributed by atoms with Gasteiger partial charge in [0.2, 0.25) is 29.5 Å². The van der Waals surface area contributed by atoms with Crippen LogP contribution in [0.25, 0.3) is 10.9 Å². The van der Waals surface area contributed by atoms with Crippen LogP contribution in [0.15, 0.2) is 60.8 Å². The third-order valence-corrected chi connectivity index (χ3v) is 14.3. The number of likely N-dealkylation sites (N-methyl/N-ethyl adjacent to an activating group) is 2. The average molecular weight is 974 g/mol. The van der Waals surface area contributed by atoms with E-state index < -0.39 is 54.3 Å². The molecular formula is C54H83N7O9. The van der Waals surface area contributed by atoms with Gasteiger partial charge in [0, 0.05) is 64.3 Å². The summed E-state index contributed by atoms with van der Waals surface area (Å²) in [6.45, 7) is 14.9. The molecule has 5 N–H and O–H groups in total. The van der Waals surface area contributed by atoms with E-state index in [9.17, 15) is 28.8 Å². The van der Waals surface area contributed by atoms with Crippen molar-refractivity contribution in [1.82, 2.24) is 35.6 Å². The highest BCUT2D eigenvalue weighted by molar-refractivity contribution is 5.91. The number of carbonyl (C=O) groups excluding carboxylic acids is 5. The summed E-state index contributed by atoms with van der Waals surface area (Å²) in [5.74, 6) is -3.38. The number of para-hydroxylation sites is 1. The van der Waals surface area contributed by atoms with Gasteiger partial charge in [0.15, 0.2) is 0 Å². The minimum Gasteiger partial charge on any atom is -0.481 e. The number of aromatic amines is 1. The second kappa shape index (κ2) is 27.9. The van der Waals surface area contributed by atoms with Gasteiger partial charge in [0.1, 0.15) is 12.1 Å². The third-order valence-electron chi connectivity index (χ3n) is 14.3. The fourth-order valence-electron chi connectivity index (χ4n) is 10.2. The molecule has 0 radical (unpaired) electrons. The molecule has 0 bridgehead atoms. The lowest BCUT2D eigenvalue weighted by Gasteiger charge is -2.41. The van der Waals surface area contributed by atoms with Crippen LogP contribution in [0.4, 0.5) is 0 Å². The second-order valence-electron chi connectivity index (χ2n) is 20.0. The smallest absolute Gasteiger partial charge is 0.303 e. The maximum atomic E-state index is 14.6. The first kappa shape index (κ1) is 57.3. The molecule has 4 rings (SSSR count). The number of hydrogen-bond acceptors (Lipinski definition) is 9. The van der Waals surface area contributed by atoms with Gasteiger partial charge >= 0.3 is 5.97 Å². The van der Waals surface area contributed by atoms with E-state index >= 15 is 0 Å². The number of carbonyl (C=O) groups is 6. The Kier molecular flexibility index (Phi) is 22.8. The number of nitrogens with one attached hydrogen (secondary N) is 4. The van der Waals surface area contributed by atoms with Crippen molar-refractivity contribution in [3.8, 4) is 0 Å². The van der Waals surface area contributed by atoms with Crippen LogP contribution in [0.5, 0.6) is 0 Å². The van der Waals surface area contributed by atoms with Crippen molar-refractivity contribution in [1.29, 1.82) is 0 Å². The summed E-state index contributed by atoms with van der Waals surface area (Å²) in [5, 5.41) is 19.1. The maximum absolute atomic E-state index is 14.6. The van der Waals surface area contributed by atoms with Gasteiger partial charge in [-0.3, -0.25) is 33.7 Å². The van der Waals surface area contributed by atoms with E-state index in [2.05, 4.69) is 20.9 Å². The maximum Gasteiger partial charge on any atom is 0.303 e. The summed E-state index contributed by atoms with van der Waals surface area (Å²) in [7, 11) is 6.69. The molecule has 0 spiro atoms. The van der Waals surface area contributed by atoms with Crippen LogP contribution in [0, 0.1) is 23.7 Å². The molecule has 1 aliphatic rings. The van der Waals surface area contributed by atoms with Crippen LogP contribution in [0.1, 0.15) is 111 Å². The fraction of sp³-hybridized carbons (Fsp3) is 0.630. The molecule has 1 fully saturated rings. The van der Waals surface area contributed by atoms with Gasteiger partial charge in [-0.15, -0.1) is 0 Å². The Balaban J connectivity index is 1.48. The summed E-state index contributed by atoms with van der Waals surface area (Å²) in [5.41, 5.74) is 2.75. The number of likely N-dealkylation sites (tertiary alicyclic amines) is 1. The van der Waals surface area contributed by atoms with Crippen LogP contribution < -0.4 is 16.0 Å². The zero-order valence-corrected chi connectivity index (χ0v) is 43.7. The lowest BCUT2D eigenvalue weighted by molar-refractivity contribution is -0.148. The number of aromatic nitrogens is 1. The molecule has 5 amide bonds. The normalized spacial score (nSPS) is 17.4. The van der Waals surface area contributed by atoms with Crippen molar-refractivity contribution in [3.05, 3.63) is 71.9 Å². The van der Waals surface area contributed by atoms with E-state index in [1.807, 2.05) is 114 Å². The van der Waals surface area contributed by atoms with Gasteiger partial charge < -0.3 is 45.3 Å². The number of rotatable bonds is 29. The molecule has 2 heterocycles. The van der Waals surface area contributed by atoms with Crippen molar-refractivity contribution >= 4 is 46.4 Å². The number of nitrogens with zero attached hydrogens (tertiary/aromatic N) is 3. The fourth-order valence-corrected chi connectivity index (χ4v) is 10.2. The highest BCUT2D eigenvalue weighted by Crippen LogP contribution is 2.30. The van der Waals surface area contributed by atoms with Crippen molar-refractivity contribution in [3.63, 3.8) is 0 Å². The molecule has 16 nitrogen and oxygen atoms in total. The van der Waals surface area contributed by atoms with Crippen LogP contribution in [0.2, 0.25) is 0 Å². The van der Waals surface area contributed by atoms with Gasteiger partial charge in [-0.25, -0.2) is 0 Å². The van der Waals surface area contributed by atoms with E-state index in [4.69, 9.17) is 14.6 Å². The number of carboxylic acid groups (broad SMARTS) is 1. The summed E-state index contributed by atoms with van der Waals surface area (Å²) < 4.78 is 12.2. The second-order valence-corrected chi connectivity index (χ2v) is 20.0. The highest BCUT2D eigenvalue weighted by Gasteiger charge is 2.43. The molecule has 2 aromatic carbocycles. The van der Waals surface area contributed by atoms with Gasteiger partial charge in [0.05, 0.1) is 42.7 Å². The van der Waals surface area contributed by atoms with Crippen molar-refractivity contribution in [2.75, 3.05) is 41.4 Å². The molecule has 1 aliphatic heterocycles. The lowest BCUT2D eigenvalue weighted by Crippen LogP contribution is -2.60. The van der Waals surface area contributed by atoms with Crippen LogP contribution in [-0.2, 0) is 51.2 Å². The lowest BCUT2D eigenvalue weighted by atomic mass is 9.89. The molecule has 9 atom stereocenters. The zero-order valence-electron chi connectivity index (χ0n) is 43.7. The van der Waals surface area contributed by atoms with Gasteiger partial charge in [-0.1, -0.05) is 110 Å². The number of amides is 5. The predicted molar refractivity (Wildman–Crippen MR) is 272 cm³/mol. The Hall–Kier alpha value is -5.32. The molecule has 0 saturated carbocycles. The van der Waals surface area contributed by atoms with Crippen LogP contribution >= 0.6 is 0 Å². The predicted octanol–water partition coefficient (Wildman–Crippen LogP) is 6.17. The zero-order chi connectivity index (χ0) is 51.7. The number of methoxy groups -OCH3 is 2. The number of fused-ring (bicyclic) bond motifs is 1. The Morgan fingerprint density at radius 3 is 2.16 bits per heavy atom. The minimum absolute atomic E-state index is 0.0314. The summed E-state index contributed by atoms with van der Waals surface area (Å²) in [6, 6.07) is 14.2. The molecule has 0 aliphatic carbocycles. The molecule has 0 unspecified atom stereocenters. The molecule has 1 saturated heterocycles. The van der Waals surface area contributed by atoms with Crippen molar-refractivity contribution in [2.45, 2.75) is 155 Å². The number of hydrogen-bond donors (Lipinski definition) is 5. The number of unbranched alkanes of at least 4 members (excludes halogenated alkanes) is 2. The van der Waals surface area contributed by atoms with E-state index in [0.717, 1.165) is 34.9 Å². The molecule has 388 valence electrons. The Bertz CT molecular complexity index is 2150. The minimum atomic E-state index is -0.897. The molecule has 3 aromatic rings. The molecule has 1 aromatic heterocycles. The first-order valence-corrected chi connectivity index (χ1v) is 25.4. The average Bonchev–Trinajstić information content (AvgIpc) is 3.99. The van der Waals surface area contributed by atoms with Crippen LogP contribution in [-0.4, -0.2) is 144 Å². The Labute approximate surface area is 416 Å². The first-order valence-electron chi connectivity index (χ1n) is 25.4. The number of carboxylic acids is 1. The highest BCUT2D eigenvalue weighted by atomic mass is 16.5. The van der Waals surface area contributed by atoms with Crippen molar-refractivity contribution in [2.24, 2.45) is 23.7 Å². The largest absolute Gasteiger partial charge is 0.481 e. The number of aliphatic carboxylic acids is 1. The van der Waals surface area contributed by atoms with Crippen molar-refractivity contribution < 1.29 is 43.3 Å². The van der Waals surface area contributed by atoms with E-state index in [0.29, 0.717) is 45.3 Å². The topological polar surface area (TPSA) is 203 Å². The molecule has 16 heteroatoms. The van der Waals surface area contributed by atoms with Gasteiger partial charge in [-0.2, -0.15) is 0 Å². The standard InChI is InChI=1S/C54H83N7O9/c1-12-36(6)49(60(9)54(68)47(34(2)3)58-53(67)48(35(4)5)59(8)28-20-14-17-27-46(63)64)44(69-10)31-45(62)61-29-21-26-43(61)50(70-11)37(7)51(65)57-42(52(66)56-32-38-22-15-13-16-23-38)30-39-33-55-41-25-19-18-24-40(39)41/h13,15-16,18-19,22-25,33-37,42-44,47-50,55H,12,14,17,20-21,26-32H2,1-11H3,(H,56,66)(H,57,65)(H,58,67)(H,63,64)/t36-,37+,42-,43-,44+,47-,48-,49-,50+/m0/s1. The van der Waals surface area contributed by atoms with Gasteiger partial charge in [-0.05, 0) is 74.2 Å². The monoisotopic (exact) mass is 974 g/mol.